The summed E-state index contributed by atoms with van der Waals surface area (Å²) in [5.74, 6) is -5.06. The van der Waals surface area contributed by atoms with Gasteiger partial charge in [0.2, 0.25) is 23.6 Å². The van der Waals surface area contributed by atoms with E-state index in [1.54, 1.807) is 76.6 Å². The molecule has 0 spiro atoms. The fraction of sp³-hybridized carbons (Fsp3) is 0.603. The summed E-state index contributed by atoms with van der Waals surface area (Å²) in [4.78, 5) is 128. The molecule has 2 heterocycles. The molecule has 1 aliphatic carbocycles. The highest BCUT2D eigenvalue weighted by Gasteiger charge is 2.44. The van der Waals surface area contributed by atoms with Gasteiger partial charge in [-0.15, -0.1) is 0 Å². The Kier molecular flexibility index (Phi) is 26.6. The van der Waals surface area contributed by atoms with E-state index in [2.05, 4.69) is 21.3 Å². The van der Waals surface area contributed by atoms with Gasteiger partial charge in [-0.25, -0.2) is 9.59 Å². The molecule has 22 nitrogen and oxygen atoms in total. The number of amides is 9. The molecule has 0 aromatic heterocycles. The normalized spacial score (nSPS) is 19.7. The number of nitrogens with one attached hydrogen (secondary N) is 4. The summed E-state index contributed by atoms with van der Waals surface area (Å²) in [6.45, 7) is 14.4. The summed E-state index contributed by atoms with van der Waals surface area (Å²) in [7, 11) is 6.05. The van der Waals surface area contributed by atoms with Crippen LogP contribution in [0.5, 0.6) is 0 Å². The van der Waals surface area contributed by atoms with E-state index >= 15 is 0 Å². The highest BCUT2D eigenvalue weighted by molar-refractivity contribution is 6.13. The van der Waals surface area contributed by atoms with Gasteiger partial charge in [0.25, 0.3) is 17.7 Å². The molecule has 1 unspecified atom stereocenters. The lowest BCUT2D eigenvalue weighted by Crippen LogP contribution is -2.60. The van der Waals surface area contributed by atoms with E-state index in [4.69, 9.17) is 18.9 Å². The topological polar surface area (TPSA) is 272 Å². The Balaban J connectivity index is 1.26. The minimum Gasteiger partial charge on any atom is -0.445 e. The van der Waals surface area contributed by atoms with Gasteiger partial charge in [-0.2, -0.15) is 0 Å². The van der Waals surface area contributed by atoms with Crippen LogP contribution in [0.3, 0.4) is 0 Å². The van der Waals surface area contributed by atoms with Gasteiger partial charge >= 0.3 is 12.2 Å². The second-order valence-corrected chi connectivity index (χ2v) is 23.3. The van der Waals surface area contributed by atoms with Crippen molar-refractivity contribution in [3.8, 4) is 0 Å². The largest absolute Gasteiger partial charge is 0.445 e. The number of ether oxygens (including phenoxy) is 4. The Morgan fingerprint density at radius 1 is 0.800 bits per heavy atom. The van der Waals surface area contributed by atoms with Crippen molar-refractivity contribution in [2.24, 2.45) is 23.7 Å². The molecule has 0 radical (unpaired) electrons. The number of nitrogens with zero attached hydrogens (tertiary/aromatic N) is 4. The number of aliphatic hydroxyl groups is 1. The van der Waals surface area contributed by atoms with Gasteiger partial charge < -0.3 is 49.8 Å². The van der Waals surface area contributed by atoms with Crippen LogP contribution in [0.4, 0.5) is 15.3 Å². The van der Waals surface area contributed by atoms with Crippen molar-refractivity contribution >= 4 is 59.2 Å². The van der Waals surface area contributed by atoms with Crippen molar-refractivity contribution in [1.29, 1.82) is 0 Å². The molecule has 2 aromatic rings. The average Bonchev–Trinajstić information content (AvgIpc) is 3.70. The molecular formula is C63H92N8O14. The zero-order chi connectivity index (χ0) is 62.7. The molecule has 5 N–H and O–H groups in total. The van der Waals surface area contributed by atoms with Crippen molar-refractivity contribution in [2.45, 2.75) is 174 Å². The Morgan fingerprint density at radius 2 is 1.49 bits per heavy atom. The first-order valence-corrected chi connectivity index (χ1v) is 29.9. The van der Waals surface area contributed by atoms with E-state index in [0.29, 0.717) is 43.4 Å². The number of allylic oxidation sites excluding steroid dienone is 1. The minimum absolute atomic E-state index is 0.0198. The van der Waals surface area contributed by atoms with Gasteiger partial charge in [-0.05, 0) is 92.5 Å². The molecule has 5 rings (SSSR count). The average molecular weight is 1190 g/mol. The highest BCUT2D eigenvalue weighted by Crippen LogP contribution is 2.31. The van der Waals surface area contributed by atoms with Crippen LogP contribution in [0.25, 0.3) is 0 Å². The Bertz CT molecular complexity index is 2670. The third kappa shape index (κ3) is 18.7. The summed E-state index contributed by atoms with van der Waals surface area (Å²) < 4.78 is 23.5. The number of aliphatic hydroxyl groups excluding tert-OH is 1. The van der Waals surface area contributed by atoms with Gasteiger partial charge in [-0.1, -0.05) is 104 Å². The lowest BCUT2D eigenvalue weighted by Gasteiger charge is -2.41. The fourth-order valence-electron chi connectivity index (χ4n) is 11.4. The Morgan fingerprint density at radius 3 is 2.13 bits per heavy atom. The molecule has 2 aliphatic heterocycles. The molecule has 11 atom stereocenters. The first kappa shape index (κ1) is 68.6. The summed E-state index contributed by atoms with van der Waals surface area (Å²) in [6.07, 6.45) is 7.83. The zero-order valence-electron chi connectivity index (χ0n) is 51.7. The molecule has 0 bridgehead atoms. The molecule has 468 valence electrons. The molecule has 0 saturated carbocycles. The van der Waals surface area contributed by atoms with Crippen LogP contribution in [-0.4, -0.2) is 175 Å². The first-order valence-electron chi connectivity index (χ1n) is 29.9. The van der Waals surface area contributed by atoms with Crippen LogP contribution in [0, 0.1) is 23.7 Å². The second kappa shape index (κ2) is 32.9. The molecule has 9 amide bonds. The van der Waals surface area contributed by atoms with Crippen LogP contribution in [0.2, 0.25) is 0 Å². The Labute approximate surface area is 501 Å². The maximum Gasteiger partial charge on any atom is 0.412 e. The van der Waals surface area contributed by atoms with Crippen molar-refractivity contribution in [1.82, 2.24) is 35.6 Å². The smallest absolute Gasteiger partial charge is 0.412 e. The minimum atomic E-state index is -1.12. The quantitative estimate of drug-likeness (QED) is 0.0440. The van der Waals surface area contributed by atoms with Crippen molar-refractivity contribution in [3.63, 3.8) is 0 Å². The van der Waals surface area contributed by atoms with E-state index in [-0.39, 0.29) is 55.1 Å². The van der Waals surface area contributed by atoms with E-state index in [1.165, 1.54) is 33.4 Å². The summed E-state index contributed by atoms with van der Waals surface area (Å²) in [6, 6.07) is 9.63. The number of carbonyl (C=O) groups excluding carboxylic acids is 9. The molecule has 2 aromatic carbocycles. The number of imide groups is 1. The summed E-state index contributed by atoms with van der Waals surface area (Å²) in [5, 5.41) is 22.2. The summed E-state index contributed by atoms with van der Waals surface area (Å²) >= 11 is 0. The number of hydrogen-bond donors (Lipinski definition) is 5. The second-order valence-electron chi connectivity index (χ2n) is 23.3. The van der Waals surface area contributed by atoms with E-state index < -0.39 is 114 Å². The number of benzene rings is 2. The van der Waals surface area contributed by atoms with Gasteiger partial charge in [0, 0.05) is 60.1 Å². The predicted molar refractivity (Wildman–Crippen MR) is 319 cm³/mol. The highest BCUT2D eigenvalue weighted by atomic mass is 16.6. The number of anilines is 1. The van der Waals surface area contributed by atoms with Crippen molar-refractivity contribution in [2.75, 3.05) is 53.3 Å². The molecule has 3 aliphatic rings. The number of methoxy groups -OCH3 is 2. The SMILES string of the molecule is CC[C@H](C)[C@@H]([C@@H](CC(=O)N1CCC[C@H]1[C@H](OC)[C@@H](C)C(=O)N[C@H](C)[C@@H](O)c1ccccc1)OC)N(C)C(=O)[C@H](NC(=O)[C@H](C(C)C)N(C)C(=O)OCc1ccc(NC(=O)OC2/C=C/CCCCC2)c(C(=O)NCCN2C(=O)C=CC2=O)c1)C(C)C. The van der Waals surface area contributed by atoms with E-state index in [9.17, 15) is 48.3 Å². The van der Waals surface area contributed by atoms with Gasteiger partial charge in [0.1, 0.15) is 24.8 Å². The van der Waals surface area contributed by atoms with Gasteiger partial charge in [0.05, 0.1) is 60.0 Å². The van der Waals surface area contributed by atoms with Crippen LogP contribution in [-0.2, 0) is 54.3 Å². The van der Waals surface area contributed by atoms with Crippen LogP contribution < -0.4 is 21.3 Å². The molecule has 1 fully saturated rings. The molecule has 22 heteroatoms. The number of likely N-dealkylation sites (N-methyl/N-ethyl adjacent to an activating group) is 2. The van der Waals surface area contributed by atoms with Crippen LogP contribution in [0.1, 0.15) is 141 Å². The number of hydrogen-bond acceptors (Lipinski definition) is 14. The first-order chi connectivity index (χ1) is 40.4. The standard InChI is InChI=1S/C63H92N8O14/c1-13-40(6)55(49(82-11)36-52(74)70-33-22-27-48(70)57(83-12)41(7)58(76)65-42(8)56(75)44-23-18-17-19-24-44)68(9)61(79)53(38(2)3)67-60(78)54(39(4)5)69(10)63(81)84-37-43-28-29-47(66-62(80)85-45-25-20-15-14-16-21-26-45)46(35-43)59(77)64-32-34-71-50(72)30-31-51(71)73/h17-20,23-25,28-31,35,38-42,45,48-49,53-57,75H,13-16,21-22,26-27,32-34,36-37H2,1-12H3,(H,64,77)(H,65,76)(H,66,80)(H,67,78)/b25-20+/t40-,41+,42+,45?,48-,49+,53+,54-,55-,56+,57+/m0/s1. The molecule has 1 saturated heterocycles. The number of likely N-dealkylation sites (tertiary alicyclic amines) is 1. The lowest BCUT2D eigenvalue weighted by molar-refractivity contribution is -0.148. The number of rotatable bonds is 28. The molecule has 85 heavy (non-hydrogen) atoms. The van der Waals surface area contributed by atoms with E-state index in [1.807, 2.05) is 44.2 Å². The monoisotopic (exact) mass is 1180 g/mol. The summed E-state index contributed by atoms with van der Waals surface area (Å²) in [5.41, 5.74) is 1.08. The Hall–Kier alpha value is -7.17. The van der Waals surface area contributed by atoms with Crippen LogP contribution in [0.15, 0.2) is 72.8 Å². The predicted octanol–water partition coefficient (Wildman–Crippen LogP) is 6.67. The van der Waals surface area contributed by atoms with Crippen molar-refractivity contribution < 1.29 is 67.2 Å². The van der Waals surface area contributed by atoms with Crippen molar-refractivity contribution in [3.05, 3.63) is 89.5 Å². The van der Waals surface area contributed by atoms with Gasteiger partial charge in [0.15, 0.2) is 0 Å². The number of carbonyl (C=O) groups is 9. The maximum atomic E-state index is 14.8. The maximum absolute atomic E-state index is 14.8. The third-order valence-corrected chi connectivity index (χ3v) is 16.5. The van der Waals surface area contributed by atoms with Crippen LogP contribution >= 0.6 is 0 Å². The molecular weight excluding hydrogens is 1090 g/mol. The van der Waals surface area contributed by atoms with Gasteiger partial charge in [-0.3, -0.25) is 48.7 Å². The lowest BCUT2D eigenvalue weighted by atomic mass is 9.89. The third-order valence-electron chi connectivity index (χ3n) is 16.5. The fourth-order valence-corrected chi connectivity index (χ4v) is 11.4. The van der Waals surface area contributed by atoms with E-state index in [0.717, 1.165) is 47.6 Å². The zero-order valence-corrected chi connectivity index (χ0v) is 51.7.